The maximum atomic E-state index is 13.7. The van der Waals surface area contributed by atoms with Gasteiger partial charge in [-0.15, -0.1) is 0 Å². The Bertz CT molecular complexity index is 1000. The maximum Gasteiger partial charge on any atom is 0.266 e. The number of carbonyl (C=O) groups excluding carboxylic acids is 2. The van der Waals surface area contributed by atoms with Gasteiger partial charge in [-0.3, -0.25) is 9.59 Å². The number of benzene rings is 2. The van der Waals surface area contributed by atoms with Crippen LogP contribution in [0.3, 0.4) is 0 Å². The summed E-state index contributed by atoms with van der Waals surface area (Å²) in [5.41, 5.74) is 5.27. The molecule has 0 saturated carbocycles. The van der Waals surface area contributed by atoms with Gasteiger partial charge in [0, 0.05) is 0 Å². The second-order valence-corrected chi connectivity index (χ2v) is 6.48. The van der Waals surface area contributed by atoms with Crippen LogP contribution in [0.15, 0.2) is 46.4 Å². The molecule has 2 aromatic carbocycles. The Morgan fingerprint density at radius 2 is 2.03 bits per heavy atom. The van der Waals surface area contributed by atoms with E-state index in [1.54, 1.807) is 25.1 Å². The van der Waals surface area contributed by atoms with Gasteiger partial charge >= 0.3 is 0 Å². The van der Waals surface area contributed by atoms with Crippen molar-refractivity contribution < 1.29 is 23.5 Å². The molecule has 0 aliphatic carbocycles. The molecule has 150 valence electrons. The molecule has 0 atom stereocenters. The number of halogens is 2. The summed E-state index contributed by atoms with van der Waals surface area (Å²) in [6, 6.07) is 10.5. The Kier molecular flexibility index (Phi) is 7.74. The van der Waals surface area contributed by atoms with Gasteiger partial charge < -0.3 is 20.5 Å². The van der Waals surface area contributed by atoms with E-state index >= 15 is 0 Å². The molecule has 0 aliphatic heterocycles. The number of amides is 2. The van der Waals surface area contributed by atoms with Crippen molar-refractivity contribution in [2.75, 3.05) is 18.5 Å². The summed E-state index contributed by atoms with van der Waals surface area (Å²) >= 11 is 3.31. The zero-order valence-corrected chi connectivity index (χ0v) is 17.0. The van der Waals surface area contributed by atoms with Crippen molar-refractivity contribution in [2.24, 2.45) is 5.73 Å². The summed E-state index contributed by atoms with van der Waals surface area (Å²) in [5, 5.41) is 11.7. The molecule has 0 heterocycles. The number of rotatable bonds is 8. The molecule has 9 heteroatoms. The topological polar surface area (TPSA) is 114 Å². The number of nitrogens with one attached hydrogen (secondary N) is 1. The molecule has 2 rings (SSSR count). The lowest BCUT2D eigenvalue weighted by molar-refractivity contribution is -0.120. The highest BCUT2D eigenvalue weighted by molar-refractivity contribution is 9.10. The van der Waals surface area contributed by atoms with Crippen molar-refractivity contribution in [3.05, 3.63) is 57.8 Å². The van der Waals surface area contributed by atoms with E-state index in [9.17, 15) is 19.2 Å². The highest BCUT2D eigenvalue weighted by Gasteiger charge is 2.16. The highest BCUT2D eigenvalue weighted by atomic mass is 79.9. The van der Waals surface area contributed by atoms with Crippen LogP contribution in [0.25, 0.3) is 6.08 Å². The molecular weight excluding hydrogens is 445 g/mol. The Morgan fingerprint density at radius 1 is 1.31 bits per heavy atom. The number of hydrogen-bond donors (Lipinski definition) is 2. The molecule has 0 fully saturated rings. The number of nitrogens with zero attached hydrogens (tertiary/aromatic N) is 1. The normalized spacial score (nSPS) is 10.8. The average molecular weight is 462 g/mol. The second kappa shape index (κ2) is 10.2. The maximum absolute atomic E-state index is 13.7. The molecule has 0 aromatic heterocycles. The van der Waals surface area contributed by atoms with Crippen molar-refractivity contribution in [1.29, 1.82) is 5.26 Å². The van der Waals surface area contributed by atoms with Crippen LogP contribution < -0.4 is 20.5 Å². The molecule has 0 saturated heterocycles. The molecular formula is C20H17BrFN3O4. The Labute approximate surface area is 175 Å². The van der Waals surface area contributed by atoms with E-state index in [1.165, 1.54) is 30.3 Å². The van der Waals surface area contributed by atoms with Gasteiger partial charge in [0.05, 0.1) is 16.8 Å². The zero-order valence-electron chi connectivity index (χ0n) is 15.4. The molecule has 0 aliphatic rings. The van der Waals surface area contributed by atoms with Crippen LogP contribution in [0, 0.1) is 17.1 Å². The summed E-state index contributed by atoms with van der Waals surface area (Å²) < 4.78 is 25.0. The number of anilines is 1. The van der Waals surface area contributed by atoms with Crippen LogP contribution in [0.2, 0.25) is 0 Å². The van der Waals surface area contributed by atoms with Gasteiger partial charge in [-0.05, 0) is 58.8 Å². The van der Waals surface area contributed by atoms with E-state index < -0.39 is 17.6 Å². The summed E-state index contributed by atoms with van der Waals surface area (Å²) in [6.45, 7) is 1.73. The Hall–Kier alpha value is -3.38. The number of ether oxygens (including phenoxy) is 2. The summed E-state index contributed by atoms with van der Waals surface area (Å²) in [7, 11) is 0. The quantitative estimate of drug-likeness (QED) is 0.461. The molecule has 0 spiro atoms. The van der Waals surface area contributed by atoms with Gasteiger partial charge in [0.15, 0.2) is 18.1 Å². The van der Waals surface area contributed by atoms with Crippen LogP contribution >= 0.6 is 15.9 Å². The molecule has 29 heavy (non-hydrogen) atoms. The Morgan fingerprint density at radius 3 is 2.66 bits per heavy atom. The van der Waals surface area contributed by atoms with Crippen LogP contribution in [0.5, 0.6) is 11.5 Å². The van der Waals surface area contributed by atoms with Crippen LogP contribution in [0.1, 0.15) is 12.5 Å². The molecule has 0 radical (unpaired) electrons. The third-order valence-electron chi connectivity index (χ3n) is 3.49. The first kappa shape index (κ1) is 21.9. The van der Waals surface area contributed by atoms with Crippen molar-refractivity contribution in [3.8, 4) is 17.6 Å². The van der Waals surface area contributed by atoms with Gasteiger partial charge in [0.25, 0.3) is 11.8 Å². The van der Waals surface area contributed by atoms with E-state index in [0.717, 1.165) is 0 Å². The van der Waals surface area contributed by atoms with Crippen LogP contribution in [-0.4, -0.2) is 25.0 Å². The minimum absolute atomic E-state index is 0.0370. The number of para-hydroxylation sites is 1. The van der Waals surface area contributed by atoms with Gasteiger partial charge in [-0.2, -0.15) is 5.26 Å². The summed E-state index contributed by atoms with van der Waals surface area (Å²) in [4.78, 5) is 23.3. The fraction of sp³-hybridized carbons (Fsp3) is 0.150. The number of nitrogens with two attached hydrogens (primary N) is 1. The third-order valence-corrected chi connectivity index (χ3v) is 4.08. The fourth-order valence-corrected chi connectivity index (χ4v) is 2.86. The lowest BCUT2D eigenvalue weighted by Crippen LogP contribution is -2.20. The first-order chi connectivity index (χ1) is 13.8. The average Bonchev–Trinajstić information content (AvgIpc) is 2.67. The summed E-state index contributed by atoms with van der Waals surface area (Å²) in [6.07, 6.45) is 1.32. The van der Waals surface area contributed by atoms with E-state index in [2.05, 4.69) is 21.2 Å². The van der Waals surface area contributed by atoms with Gasteiger partial charge in [0.2, 0.25) is 0 Å². The zero-order chi connectivity index (χ0) is 21.4. The first-order valence-corrected chi connectivity index (χ1v) is 9.20. The van der Waals surface area contributed by atoms with Gasteiger partial charge in [-0.25, -0.2) is 4.39 Å². The van der Waals surface area contributed by atoms with Crippen LogP contribution in [-0.2, 0) is 9.59 Å². The highest BCUT2D eigenvalue weighted by Crippen LogP contribution is 2.37. The van der Waals surface area contributed by atoms with E-state index in [-0.39, 0.29) is 23.6 Å². The SMILES string of the molecule is CCOc1cc(C=C(C#N)C(=O)Nc2ccccc2F)cc(Br)c1OCC(N)=O. The first-order valence-electron chi connectivity index (χ1n) is 8.40. The third kappa shape index (κ3) is 6.05. The predicted molar refractivity (Wildman–Crippen MR) is 109 cm³/mol. The Balaban J connectivity index is 2.34. The largest absolute Gasteiger partial charge is 0.490 e. The molecule has 0 unspecified atom stereocenters. The molecule has 7 nitrogen and oxygen atoms in total. The lowest BCUT2D eigenvalue weighted by atomic mass is 10.1. The molecule has 0 bridgehead atoms. The number of carbonyl (C=O) groups is 2. The van der Waals surface area contributed by atoms with E-state index in [4.69, 9.17) is 15.2 Å². The second-order valence-electron chi connectivity index (χ2n) is 5.62. The minimum Gasteiger partial charge on any atom is -0.490 e. The fourth-order valence-electron chi connectivity index (χ4n) is 2.29. The van der Waals surface area contributed by atoms with Gasteiger partial charge in [-0.1, -0.05) is 12.1 Å². The van der Waals surface area contributed by atoms with Crippen molar-refractivity contribution in [2.45, 2.75) is 6.92 Å². The van der Waals surface area contributed by atoms with Crippen molar-refractivity contribution >= 4 is 39.5 Å². The standard InChI is InChI=1S/C20H17BrFN3O4/c1-2-28-17-9-12(8-14(21)19(17)29-11-18(24)26)7-13(10-23)20(27)25-16-6-4-3-5-15(16)22/h3-9H,2,11H2,1H3,(H2,24,26)(H,25,27). The van der Waals surface area contributed by atoms with Crippen molar-refractivity contribution in [1.82, 2.24) is 0 Å². The lowest BCUT2D eigenvalue weighted by Gasteiger charge is -2.14. The number of nitriles is 1. The van der Waals surface area contributed by atoms with E-state index in [1.807, 2.05) is 0 Å². The number of hydrogen-bond acceptors (Lipinski definition) is 5. The van der Waals surface area contributed by atoms with Crippen LogP contribution in [0.4, 0.5) is 10.1 Å². The molecule has 2 amide bonds. The van der Waals surface area contributed by atoms with Crippen molar-refractivity contribution in [3.63, 3.8) is 0 Å². The molecule has 2 aromatic rings. The number of primary amides is 1. The van der Waals surface area contributed by atoms with E-state index in [0.29, 0.717) is 22.4 Å². The predicted octanol–water partition coefficient (Wildman–Crippen LogP) is 3.40. The van der Waals surface area contributed by atoms with Gasteiger partial charge in [0.1, 0.15) is 17.5 Å². The summed E-state index contributed by atoms with van der Waals surface area (Å²) in [5.74, 6) is -1.48. The monoisotopic (exact) mass is 461 g/mol. The molecule has 3 N–H and O–H groups in total. The smallest absolute Gasteiger partial charge is 0.266 e. The minimum atomic E-state index is -0.763.